The van der Waals surface area contributed by atoms with E-state index in [2.05, 4.69) is 4.90 Å². The first-order valence-corrected chi connectivity index (χ1v) is 6.53. The first-order chi connectivity index (χ1) is 8.79. The Labute approximate surface area is 109 Å². The Morgan fingerprint density at radius 3 is 2.83 bits per heavy atom. The molecule has 2 N–H and O–H groups in total. The van der Waals surface area contributed by atoms with Crippen molar-refractivity contribution in [2.75, 3.05) is 33.4 Å². The third-order valence-corrected chi connectivity index (χ3v) is 3.28. The predicted octanol–water partition coefficient (Wildman–Crippen LogP) is 1.50. The average molecular weight is 250 g/mol. The lowest BCUT2D eigenvalue weighted by molar-refractivity contribution is 0.169. The van der Waals surface area contributed by atoms with Crippen LogP contribution in [0, 0.1) is 0 Å². The highest BCUT2D eigenvalue weighted by Crippen LogP contribution is 2.25. The molecule has 18 heavy (non-hydrogen) atoms. The fourth-order valence-electron chi connectivity index (χ4n) is 2.32. The van der Waals surface area contributed by atoms with Gasteiger partial charge in [0.1, 0.15) is 6.61 Å². The highest BCUT2D eigenvalue weighted by molar-refractivity contribution is 5.39. The molecule has 1 atom stereocenters. The van der Waals surface area contributed by atoms with Crippen LogP contribution in [-0.2, 0) is 0 Å². The van der Waals surface area contributed by atoms with Crippen molar-refractivity contribution in [3.05, 3.63) is 24.3 Å². The van der Waals surface area contributed by atoms with Gasteiger partial charge in [-0.2, -0.15) is 0 Å². The Morgan fingerprint density at radius 1 is 1.33 bits per heavy atom. The summed E-state index contributed by atoms with van der Waals surface area (Å²) >= 11 is 0. The van der Waals surface area contributed by atoms with E-state index in [9.17, 15) is 0 Å². The number of benzene rings is 1. The van der Waals surface area contributed by atoms with Crippen LogP contribution >= 0.6 is 0 Å². The first kappa shape index (κ1) is 13.2. The van der Waals surface area contributed by atoms with Gasteiger partial charge in [-0.25, -0.2) is 0 Å². The van der Waals surface area contributed by atoms with Gasteiger partial charge in [-0.15, -0.1) is 0 Å². The van der Waals surface area contributed by atoms with E-state index in [4.69, 9.17) is 15.2 Å². The minimum Gasteiger partial charge on any atom is -0.493 e. The third-order valence-electron chi connectivity index (χ3n) is 3.28. The number of methoxy groups -OCH3 is 1. The number of piperidine rings is 1. The molecule has 1 heterocycles. The Bertz CT molecular complexity index is 371. The summed E-state index contributed by atoms with van der Waals surface area (Å²) in [5.41, 5.74) is 5.95. The molecule has 1 aromatic rings. The number of hydrogen-bond acceptors (Lipinski definition) is 4. The predicted molar refractivity (Wildman–Crippen MR) is 72.1 cm³/mol. The monoisotopic (exact) mass is 250 g/mol. The molecule has 1 aliphatic rings. The normalized spacial score (nSPS) is 20.7. The highest BCUT2D eigenvalue weighted by Gasteiger charge is 2.16. The van der Waals surface area contributed by atoms with Crippen LogP contribution in [0.3, 0.4) is 0 Å². The number of hydrogen-bond donors (Lipinski definition) is 1. The van der Waals surface area contributed by atoms with Crippen molar-refractivity contribution in [1.82, 2.24) is 4.90 Å². The van der Waals surface area contributed by atoms with Crippen LogP contribution in [0.5, 0.6) is 11.5 Å². The van der Waals surface area contributed by atoms with E-state index in [-0.39, 0.29) is 0 Å². The Kier molecular flexibility index (Phi) is 4.84. The summed E-state index contributed by atoms with van der Waals surface area (Å²) in [6.07, 6.45) is 2.33. The molecule has 2 rings (SSSR count). The van der Waals surface area contributed by atoms with Crippen LogP contribution in [0.25, 0.3) is 0 Å². The van der Waals surface area contributed by atoms with E-state index in [1.54, 1.807) is 7.11 Å². The number of ether oxygens (including phenoxy) is 2. The summed E-state index contributed by atoms with van der Waals surface area (Å²) in [5, 5.41) is 0. The summed E-state index contributed by atoms with van der Waals surface area (Å²) in [7, 11) is 1.66. The molecule has 1 aromatic carbocycles. The van der Waals surface area contributed by atoms with Crippen LogP contribution in [0.2, 0.25) is 0 Å². The summed E-state index contributed by atoms with van der Waals surface area (Å²) in [6.45, 7) is 3.71. The summed E-state index contributed by atoms with van der Waals surface area (Å²) in [5.74, 6) is 1.59. The number of likely N-dealkylation sites (tertiary alicyclic amines) is 1. The molecule has 0 aliphatic carbocycles. The fourth-order valence-corrected chi connectivity index (χ4v) is 2.32. The van der Waals surface area contributed by atoms with Gasteiger partial charge in [0.25, 0.3) is 0 Å². The lowest BCUT2D eigenvalue weighted by Gasteiger charge is -2.30. The lowest BCUT2D eigenvalue weighted by atomic mass is 10.1. The molecule has 4 nitrogen and oxygen atoms in total. The average Bonchev–Trinajstić information content (AvgIpc) is 2.39. The molecule has 1 fully saturated rings. The number of nitrogens with zero attached hydrogens (tertiary/aromatic N) is 1. The number of para-hydroxylation sites is 2. The van der Waals surface area contributed by atoms with Gasteiger partial charge in [0, 0.05) is 19.1 Å². The van der Waals surface area contributed by atoms with E-state index in [1.807, 2.05) is 24.3 Å². The number of rotatable bonds is 5. The zero-order chi connectivity index (χ0) is 12.8. The van der Waals surface area contributed by atoms with E-state index in [0.29, 0.717) is 12.6 Å². The summed E-state index contributed by atoms with van der Waals surface area (Å²) in [4.78, 5) is 2.36. The maximum Gasteiger partial charge on any atom is 0.161 e. The van der Waals surface area contributed by atoms with Gasteiger partial charge in [-0.1, -0.05) is 12.1 Å². The van der Waals surface area contributed by atoms with Gasteiger partial charge in [-0.3, -0.25) is 4.90 Å². The summed E-state index contributed by atoms with van der Waals surface area (Å²) in [6, 6.07) is 8.06. The van der Waals surface area contributed by atoms with Gasteiger partial charge in [0.2, 0.25) is 0 Å². The molecule has 0 radical (unpaired) electrons. The maximum atomic E-state index is 5.95. The maximum absolute atomic E-state index is 5.95. The second kappa shape index (κ2) is 6.61. The SMILES string of the molecule is COc1ccccc1OCCN1CCCC(N)C1. The van der Waals surface area contributed by atoms with Gasteiger partial charge < -0.3 is 15.2 Å². The largest absolute Gasteiger partial charge is 0.493 e. The van der Waals surface area contributed by atoms with Crippen molar-refractivity contribution in [3.63, 3.8) is 0 Å². The molecule has 1 aliphatic heterocycles. The first-order valence-electron chi connectivity index (χ1n) is 6.53. The Hall–Kier alpha value is -1.26. The van der Waals surface area contributed by atoms with Crippen LogP contribution in [0.15, 0.2) is 24.3 Å². The van der Waals surface area contributed by atoms with Crippen LogP contribution in [-0.4, -0.2) is 44.3 Å². The molecule has 1 unspecified atom stereocenters. The van der Waals surface area contributed by atoms with Crippen LogP contribution in [0.4, 0.5) is 0 Å². The van der Waals surface area contributed by atoms with Gasteiger partial charge in [-0.05, 0) is 31.5 Å². The minimum absolute atomic E-state index is 0.324. The second-order valence-electron chi connectivity index (χ2n) is 4.70. The van der Waals surface area contributed by atoms with E-state index < -0.39 is 0 Å². The molecule has 0 saturated carbocycles. The van der Waals surface area contributed by atoms with Crippen molar-refractivity contribution < 1.29 is 9.47 Å². The van der Waals surface area contributed by atoms with Crippen molar-refractivity contribution in [2.24, 2.45) is 5.73 Å². The van der Waals surface area contributed by atoms with Gasteiger partial charge in [0.05, 0.1) is 7.11 Å². The molecule has 1 saturated heterocycles. The molecular formula is C14H22N2O2. The molecule has 0 spiro atoms. The van der Waals surface area contributed by atoms with E-state index in [1.165, 1.54) is 6.42 Å². The zero-order valence-corrected chi connectivity index (χ0v) is 11.0. The van der Waals surface area contributed by atoms with Crippen LogP contribution < -0.4 is 15.2 Å². The molecular weight excluding hydrogens is 228 g/mol. The summed E-state index contributed by atoms with van der Waals surface area (Å²) < 4.78 is 11.0. The van der Waals surface area contributed by atoms with E-state index >= 15 is 0 Å². The molecule has 100 valence electrons. The number of nitrogens with two attached hydrogens (primary N) is 1. The van der Waals surface area contributed by atoms with Crippen molar-refractivity contribution in [1.29, 1.82) is 0 Å². The van der Waals surface area contributed by atoms with Crippen molar-refractivity contribution in [3.8, 4) is 11.5 Å². The second-order valence-corrected chi connectivity index (χ2v) is 4.70. The fraction of sp³-hybridized carbons (Fsp3) is 0.571. The third kappa shape index (κ3) is 3.62. The quantitative estimate of drug-likeness (QED) is 0.860. The van der Waals surface area contributed by atoms with E-state index in [0.717, 1.165) is 37.6 Å². The standard InChI is InChI=1S/C14H22N2O2/c1-17-13-6-2-3-7-14(13)18-10-9-16-8-4-5-12(15)11-16/h2-3,6-7,12H,4-5,8-11,15H2,1H3. The zero-order valence-electron chi connectivity index (χ0n) is 11.0. The van der Waals surface area contributed by atoms with Crippen molar-refractivity contribution in [2.45, 2.75) is 18.9 Å². The molecule has 0 bridgehead atoms. The molecule has 0 aromatic heterocycles. The topological polar surface area (TPSA) is 47.7 Å². The minimum atomic E-state index is 0.324. The van der Waals surface area contributed by atoms with Crippen LogP contribution in [0.1, 0.15) is 12.8 Å². The Morgan fingerprint density at radius 2 is 2.11 bits per heavy atom. The Balaban J connectivity index is 1.77. The smallest absolute Gasteiger partial charge is 0.161 e. The lowest BCUT2D eigenvalue weighted by Crippen LogP contribution is -2.44. The molecule has 0 amide bonds. The van der Waals surface area contributed by atoms with Crippen molar-refractivity contribution >= 4 is 0 Å². The molecule has 4 heteroatoms. The van der Waals surface area contributed by atoms with Gasteiger partial charge >= 0.3 is 0 Å². The van der Waals surface area contributed by atoms with Gasteiger partial charge in [0.15, 0.2) is 11.5 Å². The highest BCUT2D eigenvalue weighted by atomic mass is 16.5.